The molecule has 3 aromatic carbocycles. The first-order chi connectivity index (χ1) is 16.9. The molecule has 0 aliphatic carbocycles. The van der Waals surface area contributed by atoms with E-state index in [-0.39, 0.29) is 12.0 Å². The lowest BCUT2D eigenvalue weighted by Crippen LogP contribution is -2.23. The first kappa shape index (κ1) is 24.6. The van der Waals surface area contributed by atoms with Crippen LogP contribution in [0.3, 0.4) is 0 Å². The van der Waals surface area contributed by atoms with Gasteiger partial charge in [-0.3, -0.25) is 4.79 Å². The Balaban J connectivity index is 1.66. The minimum absolute atomic E-state index is 0.131. The zero-order chi connectivity index (χ0) is 24.9. The summed E-state index contributed by atoms with van der Waals surface area (Å²) in [6.45, 7) is 9.12. The highest BCUT2D eigenvalue weighted by Gasteiger charge is 2.19. The summed E-state index contributed by atoms with van der Waals surface area (Å²) in [6, 6.07) is 16.8. The third-order valence-corrected chi connectivity index (χ3v) is 6.15. The highest BCUT2D eigenvalue weighted by atomic mass is 16.5. The SMILES string of the molecule is COc1c(/C(C)=C/C(=O)NCCCOC(C)C)cc2c(-c3ccc4ccccc4c3)coc2c1C. The Morgan fingerprint density at radius 2 is 1.89 bits per heavy atom. The number of carbonyl (C=O) groups is 1. The van der Waals surface area contributed by atoms with E-state index in [1.165, 1.54) is 10.8 Å². The second-order valence-corrected chi connectivity index (χ2v) is 9.06. The van der Waals surface area contributed by atoms with Crippen LogP contribution in [0.2, 0.25) is 0 Å². The summed E-state index contributed by atoms with van der Waals surface area (Å²) in [6.07, 6.45) is 4.40. The van der Waals surface area contributed by atoms with Crippen LogP contribution in [0.5, 0.6) is 5.75 Å². The molecule has 4 rings (SSSR count). The Morgan fingerprint density at radius 3 is 2.63 bits per heavy atom. The van der Waals surface area contributed by atoms with Crippen LogP contribution in [0.4, 0.5) is 0 Å². The molecule has 0 fully saturated rings. The Bertz CT molecular complexity index is 1380. The first-order valence-electron chi connectivity index (χ1n) is 12.0. The molecule has 182 valence electrons. The monoisotopic (exact) mass is 471 g/mol. The van der Waals surface area contributed by atoms with E-state index in [0.29, 0.717) is 18.9 Å². The van der Waals surface area contributed by atoms with Crippen LogP contribution >= 0.6 is 0 Å². The van der Waals surface area contributed by atoms with Gasteiger partial charge in [0.05, 0.1) is 19.5 Å². The molecule has 1 aromatic heterocycles. The molecule has 0 aliphatic heterocycles. The van der Waals surface area contributed by atoms with Gasteiger partial charge in [0.15, 0.2) is 0 Å². The summed E-state index contributed by atoms with van der Waals surface area (Å²) in [4.78, 5) is 12.5. The van der Waals surface area contributed by atoms with Crippen LogP contribution in [0.1, 0.15) is 38.3 Å². The molecular formula is C30H33NO4. The number of benzene rings is 3. The summed E-state index contributed by atoms with van der Waals surface area (Å²) >= 11 is 0. The fourth-order valence-electron chi connectivity index (χ4n) is 4.38. The van der Waals surface area contributed by atoms with E-state index >= 15 is 0 Å². The first-order valence-corrected chi connectivity index (χ1v) is 12.0. The van der Waals surface area contributed by atoms with E-state index in [1.54, 1.807) is 19.4 Å². The van der Waals surface area contributed by atoms with Crippen molar-refractivity contribution in [1.82, 2.24) is 5.32 Å². The summed E-state index contributed by atoms with van der Waals surface area (Å²) < 4.78 is 17.3. The average molecular weight is 472 g/mol. The lowest BCUT2D eigenvalue weighted by atomic mass is 9.95. The molecule has 1 heterocycles. The van der Waals surface area contributed by atoms with Crippen molar-refractivity contribution in [2.45, 2.75) is 40.2 Å². The maximum absolute atomic E-state index is 12.5. The zero-order valence-electron chi connectivity index (χ0n) is 21.1. The molecule has 1 N–H and O–H groups in total. The highest BCUT2D eigenvalue weighted by molar-refractivity contribution is 6.02. The van der Waals surface area contributed by atoms with E-state index in [2.05, 4.69) is 41.7 Å². The Morgan fingerprint density at radius 1 is 1.11 bits per heavy atom. The normalized spacial score (nSPS) is 12.0. The van der Waals surface area contributed by atoms with Crippen LogP contribution in [0.25, 0.3) is 38.4 Å². The molecule has 0 spiro atoms. The molecule has 0 radical (unpaired) electrons. The minimum atomic E-state index is -0.131. The summed E-state index contributed by atoms with van der Waals surface area (Å²) in [5.41, 5.74) is 5.50. The van der Waals surface area contributed by atoms with Crippen molar-refractivity contribution in [3.05, 3.63) is 72.0 Å². The number of methoxy groups -OCH3 is 1. The molecule has 35 heavy (non-hydrogen) atoms. The van der Waals surface area contributed by atoms with Gasteiger partial charge in [-0.05, 0) is 68.2 Å². The number of nitrogens with one attached hydrogen (secondary N) is 1. The van der Waals surface area contributed by atoms with Crippen molar-refractivity contribution in [3.63, 3.8) is 0 Å². The number of carbonyl (C=O) groups excluding carboxylic acids is 1. The van der Waals surface area contributed by atoms with E-state index < -0.39 is 0 Å². The van der Waals surface area contributed by atoms with E-state index in [1.807, 2.05) is 39.8 Å². The van der Waals surface area contributed by atoms with Crippen molar-refractivity contribution in [1.29, 1.82) is 0 Å². The molecule has 5 heteroatoms. The van der Waals surface area contributed by atoms with Gasteiger partial charge in [0.25, 0.3) is 0 Å². The summed E-state index contributed by atoms with van der Waals surface area (Å²) in [5, 5.41) is 6.31. The number of furan rings is 1. The molecule has 0 bridgehead atoms. The smallest absolute Gasteiger partial charge is 0.244 e. The molecule has 0 atom stereocenters. The van der Waals surface area contributed by atoms with Gasteiger partial charge in [-0.1, -0.05) is 36.4 Å². The minimum Gasteiger partial charge on any atom is -0.496 e. The zero-order valence-corrected chi connectivity index (χ0v) is 21.1. The van der Waals surface area contributed by atoms with Gasteiger partial charge in [-0.25, -0.2) is 0 Å². The van der Waals surface area contributed by atoms with Crippen molar-refractivity contribution in [2.24, 2.45) is 0 Å². The van der Waals surface area contributed by atoms with Gasteiger partial charge < -0.3 is 19.2 Å². The van der Waals surface area contributed by atoms with E-state index in [9.17, 15) is 4.79 Å². The number of fused-ring (bicyclic) bond motifs is 2. The Kier molecular flexibility index (Phi) is 7.57. The molecule has 5 nitrogen and oxygen atoms in total. The number of amides is 1. The lowest BCUT2D eigenvalue weighted by Gasteiger charge is -2.13. The quantitative estimate of drug-likeness (QED) is 0.213. The Hall–Kier alpha value is -3.57. The van der Waals surface area contributed by atoms with Crippen LogP contribution in [-0.4, -0.2) is 32.3 Å². The molecule has 0 saturated heterocycles. The van der Waals surface area contributed by atoms with Gasteiger partial charge in [-0.15, -0.1) is 0 Å². The predicted octanol–water partition coefficient (Wildman–Crippen LogP) is 6.90. The number of allylic oxidation sites excluding steroid dienone is 1. The molecule has 0 aliphatic rings. The van der Waals surface area contributed by atoms with Crippen molar-refractivity contribution < 1.29 is 18.7 Å². The van der Waals surface area contributed by atoms with Crippen LogP contribution in [0.15, 0.2) is 65.3 Å². The molecule has 4 aromatic rings. The van der Waals surface area contributed by atoms with E-state index in [0.717, 1.165) is 45.2 Å². The number of ether oxygens (including phenoxy) is 2. The number of hydrogen-bond donors (Lipinski definition) is 1. The standard InChI is InChI=1S/C30H33NO4/c1-19(2)34-14-8-13-31-28(32)15-20(3)25-17-26-27(18-35-30(26)21(4)29(25)33-5)24-12-11-22-9-6-7-10-23(22)16-24/h6-7,9-12,15-19H,8,13-14H2,1-5H3,(H,31,32)/b20-15+. The van der Waals surface area contributed by atoms with Crippen molar-refractivity contribution >= 4 is 33.2 Å². The van der Waals surface area contributed by atoms with E-state index in [4.69, 9.17) is 13.9 Å². The van der Waals surface area contributed by atoms with Crippen LogP contribution in [-0.2, 0) is 9.53 Å². The third kappa shape index (κ3) is 5.41. The highest BCUT2D eigenvalue weighted by Crippen LogP contribution is 2.41. The summed E-state index contributed by atoms with van der Waals surface area (Å²) in [5.74, 6) is 0.581. The summed E-state index contributed by atoms with van der Waals surface area (Å²) in [7, 11) is 1.65. The maximum atomic E-state index is 12.5. The second-order valence-electron chi connectivity index (χ2n) is 9.06. The van der Waals surface area contributed by atoms with Crippen molar-refractivity contribution in [3.8, 4) is 16.9 Å². The maximum Gasteiger partial charge on any atom is 0.244 e. The van der Waals surface area contributed by atoms with Crippen LogP contribution < -0.4 is 10.1 Å². The fraction of sp³-hybridized carbons (Fsp3) is 0.300. The van der Waals surface area contributed by atoms with Crippen molar-refractivity contribution in [2.75, 3.05) is 20.3 Å². The van der Waals surface area contributed by atoms with Gasteiger partial charge in [0.1, 0.15) is 11.3 Å². The Labute approximate surface area is 206 Å². The molecular weight excluding hydrogens is 438 g/mol. The number of aryl methyl sites for hydroxylation is 1. The van der Waals surface area contributed by atoms with Crippen LogP contribution in [0, 0.1) is 6.92 Å². The number of hydrogen-bond acceptors (Lipinski definition) is 4. The fourth-order valence-corrected chi connectivity index (χ4v) is 4.38. The largest absolute Gasteiger partial charge is 0.496 e. The second kappa shape index (κ2) is 10.8. The molecule has 0 unspecified atom stereocenters. The van der Waals surface area contributed by atoms with Gasteiger partial charge >= 0.3 is 0 Å². The lowest BCUT2D eigenvalue weighted by molar-refractivity contribution is -0.116. The third-order valence-electron chi connectivity index (χ3n) is 6.15. The van der Waals surface area contributed by atoms with Gasteiger partial charge in [0.2, 0.25) is 5.91 Å². The average Bonchev–Trinajstić information content (AvgIpc) is 3.27. The van der Waals surface area contributed by atoms with Gasteiger partial charge in [0, 0.05) is 41.3 Å². The predicted molar refractivity (Wildman–Crippen MR) is 143 cm³/mol. The molecule has 1 amide bonds. The molecule has 0 saturated carbocycles. The van der Waals surface area contributed by atoms with Gasteiger partial charge in [-0.2, -0.15) is 0 Å². The topological polar surface area (TPSA) is 60.7 Å². The number of rotatable bonds is 9.